The number of benzene rings is 1. The monoisotopic (exact) mass is 539 g/mol. The quantitative estimate of drug-likeness (QED) is 0.507. The zero-order chi connectivity index (χ0) is 27.1. The van der Waals surface area contributed by atoms with Crippen molar-refractivity contribution in [2.75, 3.05) is 37.7 Å². The first-order chi connectivity index (χ1) is 18.9. The number of urea groups is 1. The number of rotatable bonds is 5. The number of hydrogen-bond donors (Lipinski definition) is 1. The number of carbonyl (C=O) groups is 1. The molecule has 2 aromatic heterocycles. The predicted molar refractivity (Wildman–Crippen MR) is 143 cm³/mol. The Kier molecular flexibility index (Phi) is 7.01. The van der Waals surface area contributed by atoms with E-state index in [0.29, 0.717) is 56.9 Å². The zero-order valence-corrected chi connectivity index (χ0v) is 22.5. The van der Waals surface area contributed by atoms with Crippen molar-refractivity contribution < 1.29 is 18.3 Å². The highest BCUT2D eigenvalue weighted by molar-refractivity contribution is 5.78. The Morgan fingerprint density at radius 2 is 2.03 bits per heavy atom. The average molecular weight is 540 g/mol. The van der Waals surface area contributed by atoms with Crippen LogP contribution in [0.4, 0.5) is 25.1 Å². The molecule has 9 nitrogen and oxygen atoms in total. The summed E-state index contributed by atoms with van der Waals surface area (Å²) in [6.45, 7) is 5.61. The van der Waals surface area contributed by atoms with Gasteiger partial charge < -0.3 is 19.9 Å². The molecule has 0 bridgehead atoms. The van der Waals surface area contributed by atoms with Crippen molar-refractivity contribution in [3.8, 4) is 11.1 Å². The maximum absolute atomic E-state index is 14.4. The van der Waals surface area contributed by atoms with Gasteiger partial charge in [-0.05, 0) is 55.9 Å². The lowest BCUT2D eigenvalue weighted by molar-refractivity contribution is 0.0651. The number of alkyl halides is 2. The third-order valence-corrected chi connectivity index (χ3v) is 8.09. The van der Waals surface area contributed by atoms with Crippen molar-refractivity contribution >= 4 is 17.5 Å². The molecule has 5 heterocycles. The number of anilines is 2. The highest BCUT2D eigenvalue weighted by atomic mass is 19.3. The summed E-state index contributed by atoms with van der Waals surface area (Å²) in [6.07, 6.45) is 4.94. The van der Waals surface area contributed by atoms with Gasteiger partial charge in [-0.1, -0.05) is 0 Å². The molecule has 11 heteroatoms. The first-order valence-corrected chi connectivity index (χ1v) is 13.9. The summed E-state index contributed by atoms with van der Waals surface area (Å²) in [5.74, 6) is 0.779. The van der Waals surface area contributed by atoms with Gasteiger partial charge in [-0.3, -0.25) is 9.36 Å². The highest BCUT2D eigenvalue weighted by Gasteiger charge is 2.34. The summed E-state index contributed by atoms with van der Waals surface area (Å²) in [5.41, 5.74) is 5.17. The highest BCUT2D eigenvalue weighted by Crippen LogP contribution is 2.43. The van der Waals surface area contributed by atoms with Gasteiger partial charge in [0, 0.05) is 80.6 Å². The largest absolute Gasteiger partial charge is 0.381 e. The lowest BCUT2D eigenvalue weighted by Crippen LogP contribution is -2.43. The molecule has 39 heavy (non-hydrogen) atoms. The number of nitrogens with zero attached hydrogens (tertiary/aromatic N) is 6. The average Bonchev–Trinajstić information content (AvgIpc) is 3.56. The first kappa shape index (κ1) is 25.8. The minimum atomic E-state index is -2.63. The second-order valence-electron chi connectivity index (χ2n) is 10.6. The molecule has 0 aliphatic carbocycles. The fourth-order valence-corrected chi connectivity index (χ4v) is 6.17. The van der Waals surface area contributed by atoms with Crippen molar-refractivity contribution in [3.63, 3.8) is 0 Å². The van der Waals surface area contributed by atoms with Crippen molar-refractivity contribution in [1.82, 2.24) is 29.8 Å². The summed E-state index contributed by atoms with van der Waals surface area (Å²) in [5, 5.41) is 12.3. The van der Waals surface area contributed by atoms with Gasteiger partial charge in [-0.25, -0.2) is 13.6 Å². The van der Waals surface area contributed by atoms with E-state index in [2.05, 4.69) is 20.0 Å². The molecule has 208 valence electrons. The number of aryl methyl sites for hydroxylation is 2. The van der Waals surface area contributed by atoms with Crippen LogP contribution in [0.2, 0.25) is 0 Å². The summed E-state index contributed by atoms with van der Waals surface area (Å²) in [4.78, 5) is 16.7. The van der Waals surface area contributed by atoms with E-state index < -0.39 is 6.43 Å². The molecular weight excluding hydrogens is 504 g/mol. The predicted octanol–water partition coefficient (Wildman–Crippen LogP) is 4.74. The van der Waals surface area contributed by atoms with E-state index in [1.54, 1.807) is 30.2 Å². The molecule has 0 radical (unpaired) electrons. The number of halogens is 2. The van der Waals surface area contributed by atoms with E-state index in [-0.39, 0.29) is 17.6 Å². The molecule has 0 unspecified atom stereocenters. The number of hydrogen-bond acceptors (Lipinski definition) is 5. The molecule has 0 saturated carbocycles. The van der Waals surface area contributed by atoms with Gasteiger partial charge in [0.2, 0.25) is 0 Å². The summed E-state index contributed by atoms with van der Waals surface area (Å²) < 4.78 is 38.2. The van der Waals surface area contributed by atoms with Crippen LogP contribution in [-0.2, 0) is 31.2 Å². The van der Waals surface area contributed by atoms with Crippen LogP contribution < -0.4 is 10.2 Å². The van der Waals surface area contributed by atoms with Gasteiger partial charge in [0.15, 0.2) is 5.82 Å². The number of nitrogens with one attached hydrogen (secondary N) is 1. The van der Waals surface area contributed by atoms with Gasteiger partial charge in [0.05, 0.1) is 18.8 Å². The molecule has 1 N–H and O–H groups in total. The number of ether oxygens (including phenoxy) is 1. The maximum Gasteiger partial charge on any atom is 0.317 e. The normalized spacial score (nSPS) is 17.9. The standard InChI is InChI=1S/C28H35F2N7O2/c1-3-31-28(38)35-10-6-24-23(17-35)27(33-37(24)20-7-11-39-12-8-20)36-9-4-5-18-13-21(19-15-32-34(2)16-19)22(26(29)30)14-25(18)36/h13-16,20,26H,3-12,17H2,1-2H3,(H,31,38). The van der Waals surface area contributed by atoms with Gasteiger partial charge in [0.25, 0.3) is 6.43 Å². The number of carbonyl (C=O) groups excluding carboxylic acids is 1. The molecule has 1 aromatic carbocycles. The Bertz CT molecular complexity index is 1360. The minimum absolute atomic E-state index is 0.00432. The second kappa shape index (κ2) is 10.6. The summed E-state index contributed by atoms with van der Waals surface area (Å²) in [6, 6.07) is 3.69. The van der Waals surface area contributed by atoms with Gasteiger partial charge in [-0.15, -0.1) is 0 Å². The molecule has 1 fully saturated rings. The summed E-state index contributed by atoms with van der Waals surface area (Å²) >= 11 is 0. The second-order valence-corrected chi connectivity index (χ2v) is 10.6. The molecule has 2 amide bonds. The SMILES string of the molecule is CCNC(=O)N1CCc2c(c(N3CCCc4cc(-c5cnn(C)c5)c(C(F)F)cc43)nn2C2CCOCC2)C1. The van der Waals surface area contributed by atoms with Crippen LogP contribution in [0.3, 0.4) is 0 Å². The molecule has 6 rings (SSSR count). The maximum atomic E-state index is 14.4. The molecule has 0 atom stereocenters. The topological polar surface area (TPSA) is 80.5 Å². The van der Waals surface area contributed by atoms with E-state index >= 15 is 0 Å². The molecule has 1 saturated heterocycles. The lowest BCUT2D eigenvalue weighted by Gasteiger charge is -2.33. The third kappa shape index (κ3) is 4.77. The van der Waals surface area contributed by atoms with Gasteiger partial charge in [-0.2, -0.15) is 10.2 Å². The number of aromatic nitrogens is 4. The van der Waals surface area contributed by atoms with Crippen LogP contribution >= 0.6 is 0 Å². The molecular formula is C28H35F2N7O2. The Hall–Kier alpha value is -3.47. The smallest absolute Gasteiger partial charge is 0.317 e. The Morgan fingerprint density at radius 3 is 2.74 bits per heavy atom. The number of amides is 2. The molecule has 3 aromatic rings. The number of fused-ring (bicyclic) bond motifs is 2. The Morgan fingerprint density at radius 1 is 1.21 bits per heavy atom. The Labute approximate surface area is 226 Å². The van der Waals surface area contributed by atoms with Crippen LogP contribution in [0, 0.1) is 0 Å². The van der Waals surface area contributed by atoms with E-state index in [1.807, 2.05) is 17.9 Å². The third-order valence-electron chi connectivity index (χ3n) is 8.09. The molecule has 0 spiro atoms. The van der Waals surface area contributed by atoms with Crippen molar-refractivity contribution in [2.24, 2.45) is 7.05 Å². The van der Waals surface area contributed by atoms with Crippen LogP contribution in [-0.4, -0.2) is 63.3 Å². The van der Waals surface area contributed by atoms with Crippen molar-refractivity contribution in [3.05, 3.63) is 46.9 Å². The van der Waals surface area contributed by atoms with Crippen LogP contribution in [0.5, 0.6) is 0 Å². The molecule has 3 aliphatic heterocycles. The lowest BCUT2D eigenvalue weighted by atomic mass is 9.92. The van der Waals surface area contributed by atoms with Gasteiger partial charge in [0.1, 0.15) is 0 Å². The zero-order valence-electron chi connectivity index (χ0n) is 22.5. The van der Waals surface area contributed by atoms with Crippen molar-refractivity contribution in [2.45, 2.75) is 58.0 Å². The first-order valence-electron chi connectivity index (χ1n) is 13.9. The fraction of sp³-hybridized carbons (Fsp3) is 0.536. The van der Waals surface area contributed by atoms with E-state index in [0.717, 1.165) is 54.0 Å². The van der Waals surface area contributed by atoms with Crippen molar-refractivity contribution in [1.29, 1.82) is 0 Å². The Balaban J connectivity index is 1.45. The van der Waals surface area contributed by atoms with Gasteiger partial charge >= 0.3 is 6.03 Å². The van der Waals surface area contributed by atoms with E-state index in [9.17, 15) is 13.6 Å². The summed E-state index contributed by atoms with van der Waals surface area (Å²) in [7, 11) is 1.79. The molecule has 3 aliphatic rings. The minimum Gasteiger partial charge on any atom is -0.381 e. The fourth-order valence-electron chi connectivity index (χ4n) is 6.17. The van der Waals surface area contributed by atoms with Crippen LogP contribution in [0.1, 0.15) is 61.0 Å². The van der Waals surface area contributed by atoms with E-state index in [4.69, 9.17) is 9.84 Å². The van der Waals surface area contributed by atoms with Crippen LogP contribution in [0.25, 0.3) is 11.1 Å². The van der Waals surface area contributed by atoms with Crippen LogP contribution in [0.15, 0.2) is 24.5 Å². The van der Waals surface area contributed by atoms with E-state index in [1.165, 1.54) is 0 Å².